The van der Waals surface area contributed by atoms with Crippen molar-refractivity contribution in [3.8, 4) is 23.3 Å². The van der Waals surface area contributed by atoms with Crippen molar-refractivity contribution in [2.45, 2.75) is 46.2 Å². The molecular weight excluding hydrogens is 469 g/mol. The fraction of sp³-hybridized carbons (Fsp3) is 0.276. The van der Waals surface area contributed by atoms with Crippen molar-refractivity contribution >= 4 is 5.97 Å². The Morgan fingerprint density at radius 3 is 2.14 bits per heavy atom. The summed E-state index contributed by atoms with van der Waals surface area (Å²) < 4.78 is 43.8. The highest BCUT2D eigenvalue weighted by Gasteiger charge is 2.29. The highest BCUT2D eigenvalue weighted by atomic mass is 19.4. The minimum atomic E-state index is -4.42. The highest BCUT2D eigenvalue weighted by molar-refractivity contribution is 5.68. The first-order valence-electron chi connectivity index (χ1n) is 11.3. The lowest BCUT2D eigenvalue weighted by molar-refractivity contribution is -0.139. The van der Waals surface area contributed by atoms with E-state index in [1.165, 1.54) is 12.1 Å². The Labute approximate surface area is 208 Å². The van der Waals surface area contributed by atoms with Crippen molar-refractivity contribution in [2.24, 2.45) is 0 Å². The van der Waals surface area contributed by atoms with Gasteiger partial charge in [0.15, 0.2) is 6.61 Å². The Kier molecular flexibility index (Phi) is 7.99. The average Bonchev–Trinajstić information content (AvgIpc) is 2.79. The van der Waals surface area contributed by atoms with E-state index in [4.69, 9.17) is 9.84 Å². The van der Waals surface area contributed by atoms with Gasteiger partial charge in [-0.15, -0.1) is 0 Å². The van der Waals surface area contributed by atoms with Crippen LogP contribution < -0.4 is 4.74 Å². The van der Waals surface area contributed by atoms with Crippen LogP contribution in [0.4, 0.5) is 13.2 Å². The molecule has 3 aromatic carbocycles. The number of rotatable bonds is 6. The number of carbonyl (C=O) groups is 1. The quantitative estimate of drug-likeness (QED) is 0.377. The second-order valence-electron chi connectivity index (χ2n) is 8.96. The number of aromatic hydroxyl groups is 1. The molecule has 36 heavy (non-hydrogen) atoms. The van der Waals surface area contributed by atoms with Crippen molar-refractivity contribution in [2.75, 3.05) is 6.61 Å². The molecular formula is C29H27F3O4. The average molecular weight is 497 g/mol. The summed E-state index contributed by atoms with van der Waals surface area (Å²) in [5.41, 5.74) is 4.61. The third kappa shape index (κ3) is 6.60. The zero-order valence-corrected chi connectivity index (χ0v) is 20.5. The summed E-state index contributed by atoms with van der Waals surface area (Å²) in [6, 6.07) is 11.9. The number of phenols is 1. The molecule has 3 rings (SSSR count). The van der Waals surface area contributed by atoms with Crippen LogP contribution in [0.5, 0.6) is 11.5 Å². The van der Waals surface area contributed by atoms with E-state index in [-0.39, 0.29) is 11.7 Å². The standard InChI is InChI=1S/C29H27F3O4/c1-17(2)25-14-21(15-26-18(3)11-24(12-19(26)4)36-16-27(33)34)13-22(28(25)35)8-5-20-6-9-23(10-7-20)29(30,31)32/h6-7,9-14,17,35H,15-16H2,1-4H3,(H,33,34). The number of halogens is 3. The number of benzene rings is 3. The molecule has 0 unspecified atom stereocenters. The van der Waals surface area contributed by atoms with Gasteiger partial charge >= 0.3 is 12.1 Å². The third-order valence-electron chi connectivity index (χ3n) is 5.79. The SMILES string of the molecule is Cc1cc(OCC(=O)O)cc(C)c1Cc1cc(C#Cc2ccc(C(F)(F)F)cc2)c(O)c(C(C)C)c1. The molecule has 2 N–H and O–H groups in total. The predicted molar refractivity (Wildman–Crippen MR) is 131 cm³/mol. The van der Waals surface area contributed by atoms with Gasteiger partial charge in [-0.2, -0.15) is 13.2 Å². The molecule has 0 aliphatic heterocycles. The van der Waals surface area contributed by atoms with E-state index in [2.05, 4.69) is 11.8 Å². The second-order valence-corrected chi connectivity index (χ2v) is 8.96. The van der Waals surface area contributed by atoms with Crippen LogP contribution in [0.1, 0.15) is 64.3 Å². The molecule has 0 aliphatic rings. The van der Waals surface area contributed by atoms with Gasteiger partial charge in [-0.3, -0.25) is 0 Å². The molecule has 0 fully saturated rings. The van der Waals surface area contributed by atoms with Gasteiger partial charge in [0, 0.05) is 5.56 Å². The molecule has 188 valence electrons. The van der Waals surface area contributed by atoms with E-state index in [1.807, 2.05) is 33.8 Å². The molecule has 0 aliphatic carbocycles. The maximum atomic E-state index is 12.8. The Bertz CT molecular complexity index is 1300. The number of carboxylic acids is 1. The van der Waals surface area contributed by atoms with Crippen LogP contribution in [0, 0.1) is 25.7 Å². The maximum Gasteiger partial charge on any atom is 0.416 e. The van der Waals surface area contributed by atoms with Crippen molar-refractivity contribution in [3.05, 3.63) is 93.0 Å². The lowest BCUT2D eigenvalue weighted by atomic mass is 9.91. The first kappa shape index (κ1) is 26.7. The molecule has 4 nitrogen and oxygen atoms in total. The van der Waals surface area contributed by atoms with Crippen molar-refractivity contribution in [3.63, 3.8) is 0 Å². The normalized spacial score (nSPS) is 11.2. The highest BCUT2D eigenvalue weighted by Crippen LogP contribution is 2.33. The number of aliphatic carboxylic acids is 1. The van der Waals surface area contributed by atoms with Gasteiger partial charge in [-0.25, -0.2) is 4.79 Å². The van der Waals surface area contributed by atoms with E-state index in [0.29, 0.717) is 23.3 Å². The van der Waals surface area contributed by atoms with E-state index in [1.54, 1.807) is 18.2 Å². The van der Waals surface area contributed by atoms with E-state index >= 15 is 0 Å². The summed E-state index contributed by atoms with van der Waals surface area (Å²) in [6.07, 6.45) is -3.87. The summed E-state index contributed by atoms with van der Waals surface area (Å²) in [5.74, 6) is 5.27. The third-order valence-corrected chi connectivity index (χ3v) is 5.79. The molecule has 7 heteroatoms. The van der Waals surface area contributed by atoms with Gasteiger partial charge in [0.2, 0.25) is 0 Å². The molecule has 3 aromatic rings. The van der Waals surface area contributed by atoms with Crippen LogP contribution >= 0.6 is 0 Å². The van der Waals surface area contributed by atoms with E-state index in [9.17, 15) is 23.1 Å². The minimum absolute atomic E-state index is 0.0190. The van der Waals surface area contributed by atoms with Crippen molar-refractivity contribution in [1.29, 1.82) is 0 Å². The summed E-state index contributed by atoms with van der Waals surface area (Å²) in [7, 11) is 0. The van der Waals surface area contributed by atoms with Crippen LogP contribution in [0.15, 0.2) is 48.5 Å². The number of phenolic OH excluding ortho intramolecular Hbond substituents is 1. The maximum absolute atomic E-state index is 12.8. The number of aryl methyl sites for hydroxylation is 2. The van der Waals surface area contributed by atoms with Crippen molar-refractivity contribution < 1.29 is 32.9 Å². The number of hydrogen-bond donors (Lipinski definition) is 2. The molecule has 0 saturated carbocycles. The molecule has 0 spiro atoms. The van der Waals surface area contributed by atoms with Gasteiger partial charge in [0.1, 0.15) is 11.5 Å². The van der Waals surface area contributed by atoms with Crippen LogP contribution in [0.2, 0.25) is 0 Å². The zero-order valence-electron chi connectivity index (χ0n) is 20.5. The smallest absolute Gasteiger partial charge is 0.416 e. The number of carboxylic acid groups (broad SMARTS) is 1. The van der Waals surface area contributed by atoms with Crippen molar-refractivity contribution in [1.82, 2.24) is 0 Å². The molecule has 0 saturated heterocycles. The first-order valence-corrected chi connectivity index (χ1v) is 11.3. The van der Waals surface area contributed by atoms with Crippen LogP contribution in [0.3, 0.4) is 0 Å². The van der Waals surface area contributed by atoms with Gasteiger partial charge in [0.25, 0.3) is 0 Å². The fourth-order valence-electron chi connectivity index (χ4n) is 3.90. The largest absolute Gasteiger partial charge is 0.506 e. The summed E-state index contributed by atoms with van der Waals surface area (Å²) >= 11 is 0. The molecule has 0 aromatic heterocycles. The topological polar surface area (TPSA) is 66.8 Å². The summed E-state index contributed by atoms with van der Waals surface area (Å²) in [5, 5.41) is 19.7. The zero-order chi connectivity index (χ0) is 26.6. The number of alkyl halides is 3. The summed E-state index contributed by atoms with van der Waals surface area (Å²) in [6.45, 7) is 7.33. The summed E-state index contributed by atoms with van der Waals surface area (Å²) in [4.78, 5) is 10.8. The molecule has 0 bridgehead atoms. The second kappa shape index (κ2) is 10.8. The Balaban J connectivity index is 1.95. The first-order chi connectivity index (χ1) is 16.8. The fourth-order valence-corrected chi connectivity index (χ4v) is 3.90. The van der Waals surface area contributed by atoms with Crippen LogP contribution in [0.25, 0.3) is 0 Å². The van der Waals surface area contributed by atoms with E-state index in [0.717, 1.165) is 39.9 Å². The lowest BCUT2D eigenvalue weighted by Gasteiger charge is -2.16. The number of ether oxygens (including phenoxy) is 1. The molecule has 0 amide bonds. The Hall–Kier alpha value is -3.92. The van der Waals surface area contributed by atoms with E-state index < -0.39 is 24.3 Å². The van der Waals surface area contributed by atoms with Gasteiger partial charge in [-0.1, -0.05) is 31.8 Å². The molecule has 0 radical (unpaired) electrons. The minimum Gasteiger partial charge on any atom is -0.506 e. The Morgan fingerprint density at radius 1 is 1.00 bits per heavy atom. The van der Waals surface area contributed by atoms with Gasteiger partial charge < -0.3 is 14.9 Å². The predicted octanol–water partition coefficient (Wildman–Crippen LogP) is 6.61. The monoisotopic (exact) mass is 496 g/mol. The molecule has 0 atom stereocenters. The van der Waals surface area contributed by atoms with Gasteiger partial charge in [-0.05, 0) is 96.5 Å². The van der Waals surface area contributed by atoms with Crippen LogP contribution in [-0.2, 0) is 17.4 Å². The van der Waals surface area contributed by atoms with Gasteiger partial charge in [0.05, 0.1) is 11.1 Å². The lowest BCUT2D eigenvalue weighted by Crippen LogP contribution is -2.10. The Morgan fingerprint density at radius 2 is 1.61 bits per heavy atom. The number of hydrogen-bond acceptors (Lipinski definition) is 3. The molecule has 0 heterocycles. The van der Waals surface area contributed by atoms with Crippen LogP contribution in [-0.4, -0.2) is 22.8 Å².